The van der Waals surface area contributed by atoms with E-state index < -0.39 is 293 Å². The molecule has 4 aliphatic rings. The third-order valence-electron chi connectivity index (χ3n) is 24.9. The number of fused-ring (bicyclic) bond motifs is 5. The van der Waals surface area contributed by atoms with Crippen LogP contribution in [0.25, 0.3) is 21.8 Å². The van der Waals surface area contributed by atoms with Crippen molar-refractivity contribution in [2.45, 2.75) is 266 Å². The number of likely N-dealkylation sites (N-methyl/N-ethyl adjacent to an activating group) is 2. The smallest absolute Gasteiger partial charge is 0.323 e. The van der Waals surface area contributed by atoms with Crippen LogP contribution in [-0.2, 0) is 122 Å². The molecule has 9 rings (SSSR count). The molecule has 2 aromatic heterocycles. The van der Waals surface area contributed by atoms with Crippen LogP contribution in [0, 0.1) is 5.92 Å². The molecular formula is C92H127N21O24. The number of phenols is 1. The molecule has 45 nitrogen and oxygen atoms in total. The predicted octanol–water partition coefficient (Wildman–Crippen LogP) is -3.31. The first-order valence-corrected chi connectivity index (χ1v) is 46.1. The Hall–Kier alpha value is -14.1. The first kappa shape index (κ1) is 107. The number of rotatable bonds is 27. The number of aromatic amines is 1. The van der Waals surface area contributed by atoms with Gasteiger partial charge in [-0.15, -0.1) is 0 Å². The van der Waals surface area contributed by atoms with Crippen LogP contribution >= 0.6 is 0 Å². The van der Waals surface area contributed by atoms with Crippen LogP contribution in [0.3, 0.4) is 0 Å². The second kappa shape index (κ2) is 49.9. The number of aliphatic hydroxyl groups excluding tert-OH is 1. The summed E-state index contributed by atoms with van der Waals surface area (Å²) in [5, 5.41) is 68.8. The lowest BCUT2D eigenvalue weighted by Gasteiger charge is -2.38. The number of aromatic hydroxyl groups is 1. The molecule has 18 amide bonds. The minimum atomic E-state index is -2.05. The van der Waals surface area contributed by atoms with Crippen molar-refractivity contribution in [3.63, 3.8) is 0 Å². The maximum absolute atomic E-state index is 15.9. The molecular weight excluding hydrogens is 1780 g/mol. The third kappa shape index (κ3) is 29.4. The molecule has 6 heterocycles. The SMILES string of the molecule is CCCC[C@H]1C(=O)N(C)[C@@H](CCCC)C(=O)N[C@@H](CC(C)C)C(=O)N[C@H](C(N)=O)CNCC(=O)N[C@@H](Cc2ccc(O)cc2)C(=O)N2CCCC[C@H]2C(=O)N[C@@H](CC(N)=O)C(=O)N2CCC[C@H]2C(=O)N[C@@H](CCC(N)=O)C(=O)N[C@@H](CCC(=O)O)C(=O)N2C[C@H](O)C[C@H]2C(=O)N[C@@H](Cc2c[nH]c3ccccc23)C(=O)N[C@@H](CC(N)=O)C(=O)N[C@@H](Cc2cn(CC(=O)O)c3ccccc23)C(=O)N1C. The van der Waals surface area contributed by atoms with Gasteiger partial charge in [0.2, 0.25) is 106 Å². The Morgan fingerprint density at radius 1 is 0.474 bits per heavy atom. The van der Waals surface area contributed by atoms with Crippen LogP contribution in [0.4, 0.5) is 0 Å². The number of primary amides is 4. The lowest BCUT2D eigenvalue weighted by atomic mass is 9.97. The molecule has 0 bridgehead atoms. The van der Waals surface area contributed by atoms with Crippen LogP contribution in [0.1, 0.15) is 166 Å². The number of nitrogens with two attached hydrogens (primary N) is 4. The molecule has 744 valence electrons. The van der Waals surface area contributed by atoms with Crippen LogP contribution in [-0.4, -0.2) is 310 Å². The van der Waals surface area contributed by atoms with Gasteiger partial charge in [0.25, 0.3) is 0 Å². The Kier molecular flexibility index (Phi) is 38.8. The second-order valence-corrected chi connectivity index (χ2v) is 35.7. The van der Waals surface area contributed by atoms with E-state index in [2.05, 4.69) is 58.2 Å². The van der Waals surface area contributed by atoms with Crippen LogP contribution in [0.5, 0.6) is 5.75 Å². The number of carbonyl (C=O) groups is 20. The minimum absolute atomic E-state index is 0.0198. The first-order valence-electron chi connectivity index (χ1n) is 46.1. The predicted molar refractivity (Wildman–Crippen MR) is 491 cm³/mol. The van der Waals surface area contributed by atoms with Gasteiger partial charge in [0, 0.05) is 113 Å². The summed E-state index contributed by atoms with van der Waals surface area (Å²) in [6, 6.07) is -4.53. The van der Waals surface area contributed by atoms with Gasteiger partial charge in [0.15, 0.2) is 0 Å². The average Bonchev–Trinajstić information content (AvgIpc) is 1.65. The fourth-order valence-electron chi connectivity index (χ4n) is 17.8. The zero-order chi connectivity index (χ0) is 100. The Labute approximate surface area is 789 Å². The molecule has 3 aromatic carbocycles. The number of para-hydroxylation sites is 2. The quantitative estimate of drug-likeness (QED) is 0.0245. The standard InChI is InChI=1S/C92H127N21O24/c1-7-9-21-68-84(129)103-60(36-49(3)4)81(126)107-66(79(96)124)44-97-45-76(119)99-63(37-50-26-28-53(114)29-27-50)90(135)111-34-16-15-24-69(111)86(131)106-65(42-75(95)118)91(136)112-35-17-25-70(112)85(130)100-58(30-32-73(93)116)80(125)101-59(31-33-77(120)121)89(134)113-47-54(115)40-72(113)87(132)104-61(38-51-43-98-57-20-13-11-18-55(51)57)82(127)102-62(41-74(94)117)83(128)105-64(88(133)109(6)71(22-10-8-2)92(137)108(68)5)39-52-46-110(48-78(122)123)67-23-14-12-19-56(52)67/h11-14,18-20,23,26-29,43,46,49,54,58-66,68-72,97-98,114-115H,7-10,15-17,21-22,24-25,30-42,44-45,47-48H2,1-6H3,(H2,93,116)(H2,94,117)(H2,95,118)(H2,96,124)(H,99,119)(H,100,130)(H,101,125)(H,102,127)(H,103,129)(H,104,132)(H,105,128)(H,106,131)(H,107,126)(H,120,121)(H,122,123)/t54-,58+,59+,60+,61+,62+,63+,64+,65+,66+,68+,69+,70+,71+,72+/m1/s1. The number of aliphatic hydroxyl groups is 1. The topological polar surface area (TPSA) is 684 Å². The largest absolute Gasteiger partial charge is 0.508 e. The molecule has 4 fully saturated rings. The van der Waals surface area contributed by atoms with E-state index in [1.165, 1.54) is 60.2 Å². The molecule has 0 saturated carbocycles. The average molecular weight is 1910 g/mol. The van der Waals surface area contributed by atoms with Crippen LogP contribution < -0.4 is 76.1 Å². The highest BCUT2D eigenvalue weighted by Gasteiger charge is 2.48. The number of unbranched alkanes of at least 4 members (excludes halogenated alkanes) is 2. The number of phenolic OH excluding ortho intramolecular Hbond substituents is 1. The first-order chi connectivity index (χ1) is 65.1. The van der Waals surface area contributed by atoms with E-state index in [9.17, 15) is 78.0 Å². The molecule has 0 radical (unpaired) electrons. The highest BCUT2D eigenvalue weighted by molar-refractivity contribution is 6.03. The summed E-state index contributed by atoms with van der Waals surface area (Å²) in [4.78, 5) is 297. The number of H-pyrrole nitrogens is 1. The van der Waals surface area contributed by atoms with E-state index in [-0.39, 0.29) is 81.7 Å². The Morgan fingerprint density at radius 3 is 1.63 bits per heavy atom. The summed E-state index contributed by atoms with van der Waals surface area (Å²) in [7, 11) is 2.59. The molecule has 5 aromatic rings. The summed E-state index contributed by atoms with van der Waals surface area (Å²) in [5.74, 6) is -22.0. The van der Waals surface area contributed by atoms with E-state index in [0.717, 1.165) is 19.6 Å². The number of nitrogens with zero attached hydrogens (tertiary/aromatic N) is 6. The van der Waals surface area contributed by atoms with Gasteiger partial charge in [-0.3, -0.25) is 95.9 Å². The summed E-state index contributed by atoms with van der Waals surface area (Å²) in [5.41, 5.74) is 25.0. The lowest BCUT2D eigenvalue weighted by Crippen LogP contribution is -2.62. The Bertz CT molecular complexity index is 5270. The molecule has 23 N–H and O–H groups in total. The fraction of sp³-hybridized carbons (Fsp3) is 0.543. The van der Waals surface area contributed by atoms with Crippen molar-refractivity contribution < 1.29 is 116 Å². The number of amides is 18. The number of hydrogen-bond donors (Lipinski definition) is 19. The number of nitrogens with one attached hydrogen (secondary N) is 11. The summed E-state index contributed by atoms with van der Waals surface area (Å²) in [6.07, 6.45) is -3.09. The minimum Gasteiger partial charge on any atom is -0.508 e. The van der Waals surface area contributed by atoms with Gasteiger partial charge >= 0.3 is 11.9 Å². The zero-order valence-corrected chi connectivity index (χ0v) is 77.6. The number of carboxylic acids is 2. The van der Waals surface area contributed by atoms with Gasteiger partial charge in [-0.25, -0.2) is 0 Å². The molecule has 4 saturated heterocycles. The molecule has 45 heteroatoms. The molecule has 137 heavy (non-hydrogen) atoms. The molecule has 0 aliphatic carbocycles. The normalized spacial score (nSPS) is 25.1. The van der Waals surface area contributed by atoms with E-state index in [1.54, 1.807) is 69.3 Å². The number of aromatic nitrogens is 2. The second-order valence-electron chi connectivity index (χ2n) is 35.7. The Balaban J connectivity index is 1.12. The van der Waals surface area contributed by atoms with Crippen molar-refractivity contribution in [3.05, 3.63) is 102 Å². The number of benzene rings is 3. The molecule has 4 aliphatic heterocycles. The van der Waals surface area contributed by atoms with E-state index in [0.29, 0.717) is 65.0 Å². The van der Waals surface area contributed by atoms with Gasteiger partial charge in [-0.2, -0.15) is 0 Å². The van der Waals surface area contributed by atoms with E-state index in [1.807, 2.05) is 6.92 Å². The van der Waals surface area contributed by atoms with Gasteiger partial charge in [0.05, 0.1) is 25.5 Å². The maximum Gasteiger partial charge on any atom is 0.323 e. The van der Waals surface area contributed by atoms with Crippen LogP contribution in [0.15, 0.2) is 85.2 Å². The number of carbonyl (C=O) groups excluding carboxylic acids is 18. The molecule has 0 unspecified atom stereocenters. The lowest BCUT2D eigenvalue weighted by molar-refractivity contribution is -0.149. The number of aliphatic carboxylic acids is 2. The fourth-order valence-corrected chi connectivity index (χ4v) is 17.8. The zero-order valence-electron chi connectivity index (χ0n) is 77.6. The van der Waals surface area contributed by atoms with Gasteiger partial charge in [0.1, 0.15) is 96.9 Å². The maximum atomic E-state index is 15.9. The van der Waals surface area contributed by atoms with Crippen molar-refractivity contribution in [3.8, 4) is 5.75 Å². The summed E-state index contributed by atoms with van der Waals surface area (Å²) >= 11 is 0. The number of hydrogen-bond acceptors (Lipinski definition) is 23. The molecule has 15 atom stereocenters. The van der Waals surface area contributed by atoms with Crippen molar-refractivity contribution >= 4 is 140 Å². The van der Waals surface area contributed by atoms with Crippen LogP contribution in [0.2, 0.25) is 0 Å². The summed E-state index contributed by atoms with van der Waals surface area (Å²) < 4.78 is 1.38. The van der Waals surface area contributed by atoms with Crippen molar-refractivity contribution in [2.24, 2.45) is 28.9 Å². The van der Waals surface area contributed by atoms with Crippen molar-refractivity contribution in [2.75, 3.05) is 46.8 Å². The summed E-state index contributed by atoms with van der Waals surface area (Å²) in [6.45, 7) is 4.37. The van der Waals surface area contributed by atoms with Crippen molar-refractivity contribution in [1.82, 2.24) is 87.2 Å². The highest BCUT2D eigenvalue weighted by atomic mass is 16.4. The number of carboxylic acid groups (broad SMARTS) is 2. The van der Waals surface area contributed by atoms with E-state index >= 15 is 38.4 Å². The number of piperidine rings is 1. The van der Waals surface area contributed by atoms with Gasteiger partial charge in [-0.05, 0) is 111 Å². The van der Waals surface area contributed by atoms with Crippen molar-refractivity contribution in [1.29, 1.82) is 0 Å². The monoisotopic (exact) mass is 1910 g/mol. The molecule has 0 spiro atoms. The van der Waals surface area contributed by atoms with Gasteiger partial charge in [-0.1, -0.05) is 102 Å². The Morgan fingerprint density at radius 2 is 0.993 bits per heavy atom. The van der Waals surface area contributed by atoms with E-state index in [4.69, 9.17) is 22.9 Å². The highest BCUT2D eigenvalue weighted by Crippen LogP contribution is 2.30. The third-order valence-corrected chi connectivity index (χ3v) is 24.9. The van der Waals surface area contributed by atoms with Gasteiger partial charge < -0.3 is 131 Å².